The van der Waals surface area contributed by atoms with Gasteiger partial charge in [0.2, 0.25) is 0 Å². The summed E-state index contributed by atoms with van der Waals surface area (Å²) in [6.07, 6.45) is 1.83. The number of benzene rings is 1. The van der Waals surface area contributed by atoms with E-state index in [2.05, 4.69) is 6.58 Å². The highest BCUT2D eigenvalue weighted by atomic mass is 35.5. The Morgan fingerprint density at radius 2 is 2.31 bits per heavy atom. The predicted octanol–water partition coefficient (Wildman–Crippen LogP) is 2.54. The van der Waals surface area contributed by atoms with E-state index in [1.807, 2.05) is 30.2 Å². The molecule has 0 amide bonds. The van der Waals surface area contributed by atoms with Crippen LogP contribution in [0.1, 0.15) is 0 Å². The van der Waals surface area contributed by atoms with Gasteiger partial charge in [-0.2, -0.15) is 0 Å². The smallest absolute Gasteiger partial charge is 0.0601 e. The third-order valence-electron chi connectivity index (χ3n) is 1.80. The number of nitrogens with two attached hydrogens (primary N) is 1. The maximum absolute atomic E-state index is 5.79. The summed E-state index contributed by atoms with van der Waals surface area (Å²) in [7, 11) is 1.96. The molecule has 1 rings (SSSR count). The number of anilines is 2. The Bertz CT molecular complexity index is 310. The van der Waals surface area contributed by atoms with Crippen LogP contribution in [-0.2, 0) is 0 Å². The minimum atomic E-state index is 0.660. The minimum Gasteiger partial charge on any atom is -0.397 e. The standard InChI is InChI=1S/C10H13ClN2/c1-3-6-13(2)10-5-4-8(11)7-9(10)12/h3-5,7H,1,6,12H2,2H3. The van der Waals surface area contributed by atoms with Gasteiger partial charge in [0, 0.05) is 18.6 Å². The summed E-state index contributed by atoms with van der Waals surface area (Å²) in [6, 6.07) is 5.48. The molecule has 0 aliphatic heterocycles. The van der Waals surface area contributed by atoms with Gasteiger partial charge in [0.05, 0.1) is 11.4 Å². The predicted molar refractivity (Wildman–Crippen MR) is 59.3 cm³/mol. The van der Waals surface area contributed by atoms with E-state index in [1.54, 1.807) is 6.07 Å². The fraction of sp³-hybridized carbons (Fsp3) is 0.200. The second kappa shape index (κ2) is 4.19. The second-order valence-corrected chi connectivity index (χ2v) is 3.31. The largest absolute Gasteiger partial charge is 0.397 e. The van der Waals surface area contributed by atoms with Crippen molar-refractivity contribution in [2.45, 2.75) is 0 Å². The maximum Gasteiger partial charge on any atom is 0.0601 e. The first-order valence-electron chi connectivity index (χ1n) is 4.02. The number of rotatable bonds is 3. The van der Waals surface area contributed by atoms with E-state index in [9.17, 15) is 0 Å². The summed E-state index contributed by atoms with van der Waals surface area (Å²) in [6.45, 7) is 4.43. The van der Waals surface area contributed by atoms with Gasteiger partial charge in [-0.25, -0.2) is 0 Å². The Morgan fingerprint density at radius 1 is 1.62 bits per heavy atom. The summed E-state index contributed by atoms with van der Waals surface area (Å²) in [4.78, 5) is 2.01. The van der Waals surface area contributed by atoms with E-state index in [4.69, 9.17) is 17.3 Å². The summed E-state index contributed by atoms with van der Waals surface area (Å²) in [5.41, 5.74) is 7.46. The van der Waals surface area contributed by atoms with Gasteiger partial charge in [0.15, 0.2) is 0 Å². The van der Waals surface area contributed by atoms with Crippen LogP contribution in [0.2, 0.25) is 5.02 Å². The Morgan fingerprint density at radius 3 is 2.85 bits per heavy atom. The molecule has 0 saturated carbocycles. The van der Waals surface area contributed by atoms with E-state index in [0.717, 1.165) is 12.2 Å². The van der Waals surface area contributed by atoms with Crippen molar-refractivity contribution in [3.05, 3.63) is 35.9 Å². The highest BCUT2D eigenvalue weighted by Gasteiger charge is 2.03. The van der Waals surface area contributed by atoms with Crippen LogP contribution in [-0.4, -0.2) is 13.6 Å². The van der Waals surface area contributed by atoms with Crippen molar-refractivity contribution in [1.82, 2.24) is 0 Å². The first-order chi connectivity index (χ1) is 6.15. The molecule has 0 radical (unpaired) electrons. The molecule has 2 nitrogen and oxygen atoms in total. The summed E-state index contributed by atoms with van der Waals surface area (Å²) < 4.78 is 0. The molecule has 0 aliphatic carbocycles. The van der Waals surface area contributed by atoms with Crippen molar-refractivity contribution >= 4 is 23.0 Å². The average molecular weight is 197 g/mol. The van der Waals surface area contributed by atoms with Crippen LogP contribution in [0.4, 0.5) is 11.4 Å². The normalized spacial score (nSPS) is 9.69. The summed E-state index contributed by atoms with van der Waals surface area (Å²) in [5.74, 6) is 0. The number of nitrogens with zero attached hydrogens (tertiary/aromatic N) is 1. The van der Waals surface area contributed by atoms with Crippen LogP contribution in [0.5, 0.6) is 0 Å². The monoisotopic (exact) mass is 196 g/mol. The van der Waals surface area contributed by atoms with E-state index in [-0.39, 0.29) is 0 Å². The molecular weight excluding hydrogens is 184 g/mol. The van der Waals surface area contributed by atoms with Crippen LogP contribution in [0, 0.1) is 0 Å². The van der Waals surface area contributed by atoms with Crippen LogP contribution in [0.3, 0.4) is 0 Å². The summed E-state index contributed by atoms with van der Waals surface area (Å²) >= 11 is 5.78. The number of hydrogen-bond donors (Lipinski definition) is 1. The lowest BCUT2D eigenvalue weighted by Crippen LogP contribution is -2.17. The minimum absolute atomic E-state index is 0.660. The zero-order valence-corrected chi connectivity index (χ0v) is 8.38. The molecule has 0 aromatic heterocycles. The molecule has 0 aliphatic rings. The van der Waals surface area contributed by atoms with Gasteiger partial charge in [0.1, 0.15) is 0 Å². The molecule has 2 N–H and O–H groups in total. The Labute approximate surface area is 83.6 Å². The van der Waals surface area contributed by atoms with Crippen molar-refractivity contribution in [3.8, 4) is 0 Å². The topological polar surface area (TPSA) is 29.3 Å². The maximum atomic E-state index is 5.79. The molecule has 0 heterocycles. The van der Waals surface area contributed by atoms with Gasteiger partial charge in [-0.3, -0.25) is 0 Å². The number of hydrogen-bond acceptors (Lipinski definition) is 2. The molecule has 70 valence electrons. The Kier molecular flexibility index (Phi) is 3.20. The molecule has 13 heavy (non-hydrogen) atoms. The SMILES string of the molecule is C=CCN(C)c1ccc(Cl)cc1N. The van der Waals surface area contributed by atoms with Crippen molar-refractivity contribution in [2.75, 3.05) is 24.2 Å². The van der Waals surface area contributed by atoms with E-state index in [1.165, 1.54) is 0 Å². The lowest BCUT2D eigenvalue weighted by molar-refractivity contribution is 1.03. The van der Waals surface area contributed by atoms with Crippen molar-refractivity contribution < 1.29 is 0 Å². The van der Waals surface area contributed by atoms with Gasteiger partial charge in [-0.15, -0.1) is 6.58 Å². The van der Waals surface area contributed by atoms with E-state index in [0.29, 0.717) is 10.7 Å². The van der Waals surface area contributed by atoms with Crippen LogP contribution >= 0.6 is 11.6 Å². The van der Waals surface area contributed by atoms with Gasteiger partial charge >= 0.3 is 0 Å². The highest BCUT2D eigenvalue weighted by molar-refractivity contribution is 6.31. The van der Waals surface area contributed by atoms with Crippen LogP contribution < -0.4 is 10.6 Å². The van der Waals surface area contributed by atoms with Crippen molar-refractivity contribution in [1.29, 1.82) is 0 Å². The highest BCUT2D eigenvalue weighted by Crippen LogP contribution is 2.25. The molecule has 0 bridgehead atoms. The molecule has 0 spiro atoms. The molecule has 0 unspecified atom stereocenters. The lowest BCUT2D eigenvalue weighted by Gasteiger charge is -2.19. The zero-order valence-electron chi connectivity index (χ0n) is 7.63. The fourth-order valence-corrected chi connectivity index (χ4v) is 1.35. The molecule has 1 aromatic carbocycles. The van der Waals surface area contributed by atoms with Crippen LogP contribution in [0.25, 0.3) is 0 Å². The number of likely N-dealkylation sites (N-methyl/N-ethyl adjacent to an activating group) is 1. The first-order valence-corrected chi connectivity index (χ1v) is 4.40. The molecule has 0 fully saturated rings. The van der Waals surface area contributed by atoms with Crippen LogP contribution in [0.15, 0.2) is 30.9 Å². The summed E-state index contributed by atoms with van der Waals surface area (Å²) in [5, 5.41) is 0.660. The van der Waals surface area contributed by atoms with E-state index < -0.39 is 0 Å². The third-order valence-corrected chi connectivity index (χ3v) is 2.04. The number of nitrogen functional groups attached to an aromatic ring is 1. The van der Waals surface area contributed by atoms with Crippen molar-refractivity contribution in [2.24, 2.45) is 0 Å². The van der Waals surface area contributed by atoms with E-state index >= 15 is 0 Å². The second-order valence-electron chi connectivity index (χ2n) is 2.87. The molecule has 0 saturated heterocycles. The first kappa shape index (κ1) is 9.93. The average Bonchev–Trinajstić information content (AvgIpc) is 2.04. The van der Waals surface area contributed by atoms with Gasteiger partial charge in [0.25, 0.3) is 0 Å². The lowest BCUT2D eigenvalue weighted by atomic mass is 10.2. The van der Waals surface area contributed by atoms with Gasteiger partial charge < -0.3 is 10.6 Å². The molecular formula is C10H13ClN2. The van der Waals surface area contributed by atoms with Gasteiger partial charge in [-0.05, 0) is 18.2 Å². The third kappa shape index (κ3) is 2.39. The van der Waals surface area contributed by atoms with Crippen molar-refractivity contribution in [3.63, 3.8) is 0 Å². The number of halogens is 1. The fourth-order valence-electron chi connectivity index (χ4n) is 1.17. The zero-order chi connectivity index (χ0) is 9.84. The quantitative estimate of drug-likeness (QED) is 0.595. The molecule has 1 aromatic rings. The van der Waals surface area contributed by atoms with Gasteiger partial charge in [-0.1, -0.05) is 17.7 Å². The Hall–Kier alpha value is -1.15. The molecule has 3 heteroatoms. The Balaban J connectivity index is 2.94. The molecule has 0 atom stereocenters.